The minimum absolute atomic E-state index is 0.321. The van der Waals surface area contributed by atoms with Crippen LogP contribution in [0.3, 0.4) is 0 Å². The van der Waals surface area contributed by atoms with Crippen LogP contribution in [-0.4, -0.2) is 35.8 Å². The normalized spacial score (nSPS) is 19.8. The molecule has 1 atom stereocenters. The summed E-state index contributed by atoms with van der Waals surface area (Å²) in [5, 5.41) is 2.59. The number of carbonyl (C=O) groups excluding carboxylic acids is 3. The molecule has 3 rings (SSSR count). The van der Waals surface area contributed by atoms with Crippen LogP contribution >= 0.6 is 0 Å². The van der Waals surface area contributed by atoms with Crippen LogP contribution in [0.2, 0.25) is 0 Å². The molecule has 1 aliphatic heterocycles. The first-order chi connectivity index (χ1) is 12.0. The molecular formula is C18H18N2O5. The molecule has 0 spiro atoms. The number of Topliss-reactive ketones (excluding diaryl/α,β-unsaturated/α-hetero) is 1. The molecule has 7 heteroatoms. The molecule has 130 valence electrons. The second kappa shape index (κ2) is 6.43. The van der Waals surface area contributed by atoms with Crippen molar-refractivity contribution in [2.24, 2.45) is 0 Å². The van der Waals surface area contributed by atoms with E-state index in [1.54, 1.807) is 43.3 Å². The first kappa shape index (κ1) is 16.8. The Morgan fingerprint density at radius 3 is 2.56 bits per heavy atom. The standard InChI is InChI=1S/C18H18N2O5/c1-3-24-13-8-6-12(7-9-13)14(21)11-20-16(22)18(2,19-17(20)23)15-5-4-10-25-15/h4-10H,3,11H2,1-2H3,(H,19,23). The Labute approximate surface area is 144 Å². The summed E-state index contributed by atoms with van der Waals surface area (Å²) in [5.41, 5.74) is -0.907. The third kappa shape index (κ3) is 3.00. The van der Waals surface area contributed by atoms with E-state index >= 15 is 0 Å². The lowest BCUT2D eigenvalue weighted by Gasteiger charge is -2.18. The van der Waals surface area contributed by atoms with E-state index in [0.29, 0.717) is 23.7 Å². The van der Waals surface area contributed by atoms with Gasteiger partial charge in [-0.3, -0.25) is 14.5 Å². The molecule has 1 aromatic heterocycles. The molecule has 7 nitrogen and oxygen atoms in total. The highest BCUT2D eigenvalue weighted by molar-refractivity contribution is 6.11. The van der Waals surface area contributed by atoms with Crippen molar-refractivity contribution in [2.75, 3.05) is 13.2 Å². The quantitative estimate of drug-likeness (QED) is 0.643. The van der Waals surface area contributed by atoms with Gasteiger partial charge in [-0.1, -0.05) is 0 Å². The van der Waals surface area contributed by atoms with Crippen molar-refractivity contribution in [3.05, 3.63) is 54.0 Å². The Balaban J connectivity index is 1.75. The van der Waals surface area contributed by atoms with Gasteiger partial charge in [-0.2, -0.15) is 0 Å². The molecule has 1 aromatic carbocycles. The first-order valence-corrected chi connectivity index (χ1v) is 7.90. The number of furan rings is 1. The number of urea groups is 1. The van der Waals surface area contributed by atoms with Crippen molar-refractivity contribution >= 4 is 17.7 Å². The van der Waals surface area contributed by atoms with E-state index in [1.165, 1.54) is 6.26 Å². The number of benzene rings is 1. The van der Waals surface area contributed by atoms with Crippen LogP contribution in [0.15, 0.2) is 47.1 Å². The molecule has 0 bridgehead atoms. The molecular weight excluding hydrogens is 324 g/mol. The Morgan fingerprint density at radius 1 is 1.24 bits per heavy atom. The number of ether oxygens (including phenoxy) is 1. The van der Waals surface area contributed by atoms with Crippen LogP contribution in [0.25, 0.3) is 0 Å². The zero-order valence-electron chi connectivity index (χ0n) is 13.9. The van der Waals surface area contributed by atoms with Crippen LogP contribution in [0.4, 0.5) is 4.79 Å². The molecule has 0 saturated carbocycles. The van der Waals surface area contributed by atoms with Gasteiger partial charge < -0.3 is 14.5 Å². The number of rotatable bonds is 6. The van der Waals surface area contributed by atoms with Crippen molar-refractivity contribution < 1.29 is 23.5 Å². The lowest BCUT2D eigenvalue weighted by atomic mass is 9.99. The summed E-state index contributed by atoms with van der Waals surface area (Å²) in [7, 11) is 0. The van der Waals surface area contributed by atoms with Crippen LogP contribution < -0.4 is 10.1 Å². The highest BCUT2D eigenvalue weighted by atomic mass is 16.5. The number of carbonyl (C=O) groups is 3. The van der Waals surface area contributed by atoms with Gasteiger partial charge >= 0.3 is 6.03 Å². The summed E-state index contributed by atoms with van der Waals surface area (Å²) < 4.78 is 10.6. The molecule has 1 fully saturated rings. The summed E-state index contributed by atoms with van der Waals surface area (Å²) in [4.78, 5) is 38.2. The molecule has 1 aliphatic rings. The Kier molecular flexibility index (Phi) is 4.31. The third-order valence-corrected chi connectivity index (χ3v) is 4.08. The summed E-state index contributed by atoms with van der Waals surface area (Å²) in [6.45, 7) is 3.61. The molecule has 0 radical (unpaired) electrons. The predicted octanol–water partition coefficient (Wildman–Crippen LogP) is 2.33. The highest BCUT2D eigenvalue weighted by Gasteiger charge is 2.51. The average molecular weight is 342 g/mol. The fraction of sp³-hybridized carbons (Fsp3) is 0.278. The molecule has 25 heavy (non-hydrogen) atoms. The zero-order valence-corrected chi connectivity index (χ0v) is 13.9. The lowest BCUT2D eigenvalue weighted by molar-refractivity contribution is -0.131. The van der Waals surface area contributed by atoms with Gasteiger partial charge in [0, 0.05) is 5.56 Å². The van der Waals surface area contributed by atoms with E-state index in [0.717, 1.165) is 4.90 Å². The van der Waals surface area contributed by atoms with E-state index in [1.807, 2.05) is 6.92 Å². The predicted molar refractivity (Wildman–Crippen MR) is 88.2 cm³/mol. The SMILES string of the molecule is CCOc1ccc(C(=O)CN2C(=O)NC(C)(c3ccco3)C2=O)cc1. The van der Waals surface area contributed by atoms with Crippen molar-refractivity contribution in [1.29, 1.82) is 0 Å². The van der Waals surface area contributed by atoms with Gasteiger partial charge in [-0.15, -0.1) is 0 Å². The summed E-state index contributed by atoms with van der Waals surface area (Å²) in [6, 6.07) is 9.19. The van der Waals surface area contributed by atoms with Gasteiger partial charge in [0.25, 0.3) is 5.91 Å². The van der Waals surface area contributed by atoms with Gasteiger partial charge in [0.2, 0.25) is 0 Å². The van der Waals surface area contributed by atoms with E-state index in [-0.39, 0.29) is 12.3 Å². The van der Waals surface area contributed by atoms with Gasteiger partial charge in [0.15, 0.2) is 11.3 Å². The van der Waals surface area contributed by atoms with Crippen molar-refractivity contribution in [2.45, 2.75) is 19.4 Å². The number of hydrogen-bond acceptors (Lipinski definition) is 5. The number of hydrogen-bond donors (Lipinski definition) is 1. The van der Waals surface area contributed by atoms with Gasteiger partial charge in [-0.25, -0.2) is 4.79 Å². The second-order valence-corrected chi connectivity index (χ2v) is 5.80. The maximum atomic E-state index is 12.7. The molecule has 1 unspecified atom stereocenters. The van der Waals surface area contributed by atoms with E-state index < -0.39 is 17.5 Å². The largest absolute Gasteiger partial charge is 0.494 e. The smallest absolute Gasteiger partial charge is 0.325 e. The van der Waals surface area contributed by atoms with E-state index in [9.17, 15) is 14.4 Å². The van der Waals surface area contributed by atoms with Crippen molar-refractivity contribution in [3.63, 3.8) is 0 Å². The van der Waals surface area contributed by atoms with Gasteiger partial charge in [-0.05, 0) is 50.2 Å². The monoisotopic (exact) mass is 342 g/mol. The first-order valence-electron chi connectivity index (χ1n) is 7.90. The number of amides is 3. The van der Waals surface area contributed by atoms with Gasteiger partial charge in [0.1, 0.15) is 11.5 Å². The maximum absolute atomic E-state index is 12.7. The minimum Gasteiger partial charge on any atom is -0.494 e. The molecule has 1 N–H and O–H groups in total. The third-order valence-electron chi connectivity index (χ3n) is 4.08. The highest BCUT2D eigenvalue weighted by Crippen LogP contribution is 2.29. The average Bonchev–Trinajstić information content (AvgIpc) is 3.20. The Bertz CT molecular complexity index is 797. The van der Waals surface area contributed by atoms with Crippen LogP contribution in [0.1, 0.15) is 30.0 Å². The zero-order chi connectivity index (χ0) is 18.0. The molecule has 2 aromatic rings. The van der Waals surface area contributed by atoms with E-state index in [4.69, 9.17) is 9.15 Å². The number of imide groups is 1. The molecule has 1 saturated heterocycles. The van der Waals surface area contributed by atoms with E-state index in [2.05, 4.69) is 5.32 Å². The van der Waals surface area contributed by atoms with Crippen molar-refractivity contribution in [3.8, 4) is 5.75 Å². The fourth-order valence-corrected chi connectivity index (χ4v) is 2.71. The van der Waals surface area contributed by atoms with Crippen LogP contribution in [-0.2, 0) is 10.3 Å². The molecule has 0 aliphatic carbocycles. The van der Waals surface area contributed by atoms with Crippen molar-refractivity contribution in [1.82, 2.24) is 10.2 Å². The molecule has 2 heterocycles. The summed E-state index contributed by atoms with van der Waals surface area (Å²) in [6.07, 6.45) is 1.42. The van der Waals surface area contributed by atoms with Crippen LogP contribution in [0.5, 0.6) is 5.75 Å². The molecule has 3 amide bonds. The fourth-order valence-electron chi connectivity index (χ4n) is 2.71. The Hall–Kier alpha value is -3.09. The second-order valence-electron chi connectivity index (χ2n) is 5.80. The summed E-state index contributed by atoms with van der Waals surface area (Å²) >= 11 is 0. The topological polar surface area (TPSA) is 88.8 Å². The number of ketones is 1. The number of nitrogens with zero attached hydrogens (tertiary/aromatic N) is 1. The maximum Gasteiger partial charge on any atom is 0.325 e. The van der Waals surface area contributed by atoms with Crippen LogP contribution in [0, 0.1) is 0 Å². The minimum atomic E-state index is -1.31. The summed E-state index contributed by atoms with van der Waals surface area (Å²) in [5.74, 6) is 0.114. The Morgan fingerprint density at radius 2 is 1.96 bits per heavy atom. The van der Waals surface area contributed by atoms with Gasteiger partial charge in [0.05, 0.1) is 19.4 Å². The lowest BCUT2D eigenvalue weighted by Crippen LogP contribution is -2.41. The number of nitrogens with one attached hydrogen (secondary N) is 1.